The van der Waals surface area contributed by atoms with Crippen LogP contribution in [0.5, 0.6) is 0 Å². The summed E-state index contributed by atoms with van der Waals surface area (Å²) in [7, 11) is -3.57. The summed E-state index contributed by atoms with van der Waals surface area (Å²) in [5, 5.41) is 3.76. The maximum Gasteiger partial charge on any atom is 0.243 e. The Morgan fingerprint density at radius 2 is 1.62 bits per heavy atom. The van der Waals surface area contributed by atoms with E-state index in [0.29, 0.717) is 23.6 Å². The van der Waals surface area contributed by atoms with Crippen molar-refractivity contribution in [3.8, 4) is 0 Å². The smallest absolute Gasteiger partial charge is 0.243 e. The number of aryl methyl sites for hydroxylation is 1. The Hall–Kier alpha value is -3.36. The quantitative estimate of drug-likeness (QED) is 0.262. The molecule has 4 rings (SSSR count). The second-order valence-corrected chi connectivity index (χ2v) is 13.4. The molecular weight excluding hydrogens is 570 g/mol. The predicted molar refractivity (Wildman–Crippen MR) is 169 cm³/mol. The molecular formula is C33H40ClN3O4S. The van der Waals surface area contributed by atoms with Gasteiger partial charge in [-0.05, 0) is 61.1 Å². The minimum absolute atomic E-state index is 0.0838. The lowest BCUT2D eigenvalue weighted by Gasteiger charge is -2.33. The highest BCUT2D eigenvalue weighted by Crippen LogP contribution is 2.24. The summed E-state index contributed by atoms with van der Waals surface area (Å²) in [6.07, 6.45) is 5.96. The highest BCUT2D eigenvalue weighted by molar-refractivity contribution is 7.92. The molecule has 1 saturated carbocycles. The average molecular weight is 610 g/mol. The van der Waals surface area contributed by atoms with Crippen LogP contribution in [0.2, 0.25) is 5.02 Å². The van der Waals surface area contributed by atoms with Crippen LogP contribution in [0, 0.1) is 6.92 Å². The van der Waals surface area contributed by atoms with E-state index in [1.807, 2.05) is 61.5 Å². The molecule has 1 atom stereocenters. The van der Waals surface area contributed by atoms with Gasteiger partial charge in [0.05, 0.1) is 11.9 Å². The van der Waals surface area contributed by atoms with Crippen molar-refractivity contribution in [3.05, 3.63) is 101 Å². The van der Waals surface area contributed by atoms with Crippen LogP contribution in [0.15, 0.2) is 78.9 Å². The van der Waals surface area contributed by atoms with Crippen LogP contribution >= 0.6 is 11.6 Å². The van der Waals surface area contributed by atoms with E-state index < -0.39 is 16.1 Å². The van der Waals surface area contributed by atoms with Crippen molar-refractivity contribution in [1.29, 1.82) is 0 Å². The van der Waals surface area contributed by atoms with Crippen molar-refractivity contribution in [1.82, 2.24) is 10.2 Å². The number of carbonyl (C=O) groups is 2. The number of sulfonamides is 1. The molecule has 3 aromatic carbocycles. The van der Waals surface area contributed by atoms with E-state index >= 15 is 0 Å². The summed E-state index contributed by atoms with van der Waals surface area (Å²) in [6, 6.07) is 23.7. The van der Waals surface area contributed by atoms with Crippen molar-refractivity contribution in [2.75, 3.05) is 17.1 Å². The molecule has 0 bridgehead atoms. The molecule has 7 nitrogen and oxygen atoms in total. The minimum Gasteiger partial charge on any atom is -0.352 e. The molecule has 0 heterocycles. The molecule has 0 spiro atoms. The summed E-state index contributed by atoms with van der Waals surface area (Å²) >= 11 is 6.28. The highest BCUT2D eigenvalue weighted by Gasteiger charge is 2.32. The maximum absolute atomic E-state index is 14.0. The SMILES string of the molecule is Cc1ccccc1N(CCCC(=O)N(Cc1cccc(Cl)c1)C(Cc1ccccc1)C(=O)NC1CCCC1)S(C)(=O)=O. The van der Waals surface area contributed by atoms with Crippen LogP contribution in [-0.2, 0) is 32.6 Å². The van der Waals surface area contributed by atoms with Gasteiger partial charge in [-0.1, -0.05) is 85.1 Å². The third-order valence-electron chi connectivity index (χ3n) is 7.75. The Balaban J connectivity index is 1.59. The van der Waals surface area contributed by atoms with E-state index in [0.717, 1.165) is 42.4 Å². The topological polar surface area (TPSA) is 86.8 Å². The number of para-hydroxylation sites is 1. The Bertz CT molecular complexity index is 1460. The molecule has 1 unspecified atom stereocenters. The lowest BCUT2D eigenvalue weighted by molar-refractivity contribution is -0.141. The fraction of sp³-hybridized carbons (Fsp3) is 0.394. The van der Waals surface area contributed by atoms with E-state index in [-0.39, 0.29) is 37.4 Å². The normalized spacial score (nSPS) is 14.4. The number of hydrogen-bond donors (Lipinski definition) is 1. The van der Waals surface area contributed by atoms with Gasteiger partial charge < -0.3 is 10.2 Å². The standard InChI is InChI=1S/C33H40ClN3O4S/c1-25-12-6-9-19-30(25)37(42(2,40)41)21-11-20-32(38)36(24-27-15-10-16-28(34)22-27)31(23-26-13-4-3-5-14-26)33(39)35-29-17-7-8-18-29/h3-6,9-10,12-16,19,22,29,31H,7-8,11,17-18,20-21,23-24H2,1-2H3,(H,35,39). The molecule has 9 heteroatoms. The van der Waals surface area contributed by atoms with Crippen molar-refractivity contribution in [2.24, 2.45) is 0 Å². The Kier molecular flexibility index (Phi) is 11.0. The zero-order valence-corrected chi connectivity index (χ0v) is 25.9. The van der Waals surface area contributed by atoms with Crippen LogP contribution in [0.1, 0.15) is 55.2 Å². The maximum atomic E-state index is 14.0. The lowest BCUT2D eigenvalue weighted by Crippen LogP contribution is -2.52. The molecule has 224 valence electrons. The first kappa shape index (κ1) is 31.6. The number of nitrogens with zero attached hydrogens (tertiary/aromatic N) is 2. The summed E-state index contributed by atoms with van der Waals surface area (Å²) in [4.78, 5) is 29.4. The molecule has 0 aromatic heterocycles. The van der Waals surface area contributed by atoms with Crippen molar-refractivity contribution in [3.63, 3.8) is 0 Å². The van der Waals surface area contributed by atoms with Crippen LogP contribution < -0.4 is 9.62 Å². The van der Waals surface area contributed by atoms with Gasteiger partial charge in [-0.3, -0.25) is 13.9 Å². The van der Waals surface area contributed by atoms with Crippen molar-refractivity contribution >= 4 is 39.1 Å². The summed E-state index contributed by atoms with van der Waals surface area (Å²) in [5.74, 6) is -0.380. The zero-order valence-electron chi connectivity index (χ0n) is 24.3. The summed E-state index contributed by atoms with van der Waals surface area (Å²) < 4.78 is 26.7. The van der Waals surface area contributed by atoms with Gasteiger partial charge in [0.2, 0.25) is 21.8 Å². The number of halogens is 1. The second-order valence-electron chi connectivity index (χ2n) is 11.1. The molecule has 2 amide bonds. The molecule has 1 fully saturated rings. The van der Waals surface area contributed by atoms with Gasteiger partial charge in [-0.2, -0.15) is 0 Å². The second kappa shape index (κ2) is 14.7. The molecule has 42 heavy (non-hydrogen) atoms. The first-order chi connectivity index (χ1) is 20.1. The first-order valence-corrected chi connectivity index (χ1v) is 16.8. The number of amides is 2. The Labute approximate surface area is 254 Å². The molecule has 0 radical (unpaired) electrons. The number of anilines is 1. The number of rotatable bonds is 13. The van der Waals surface area contributed by atoms with Gasteiger partial charge >= 0.3 is 0 Å². The number of benzene rings is 3. The summed E-state index contributed by atoms with van der Waals surface area (Å²) in [6.45, 7) is 2.23. The third kappa shape index (κ3) is 8.82. The molecule has 1 aliphatic rings. The average Bonchev–Trinajstić information content (AvgIpc) is 3.46. The fourth-order valence-corrected chi connectivity index (χ4v) is 6.81. The lowest BCUT2D eigenvalue weighted by atomic mass is 10.0. The van der Waals surface area contributed by atoms with E-state index in [9.17, 15) is 18.0 Å². The Morgan fingerprint density at radius 3 is 2.29 bits per heavy atom. The van der Waals surface area contributed by atoms with Gasteiger partial charge in [0.15, 0.2) is 0 Å². The van der Waals surface area contributed by atoms with Crippen molar-refractivity contribution < 1.29 is 18.0 Å². The number of carbonyl (C=O) groups excluding carboxylic acids is 2. The predicted octanol–water partition coefficient (Wildman–Crippen LogP) is 5.89. The van der Waals surface area contributed by atoms with Gasteiger partial charge in [0.25, 0.3) is 0 Å². The monoisotopic (exact) mass is 609 g/mol. The van der Waals surface area contributed by atoms with Gasteiger partial charge in [-0.25, -0.2) is 8.42 Å². The fourth-order valence-electron chi connectivity index (χ4n) is 5.58. The van der Waals surface area contributed by atoms with Gasteiger partial charge in [0, 0.05) is 37.0 Å². The highest BCUT2D eigenvalue weighted by atomic mass is 35.5. The molecule has 1 aliphatic carbocycles. The zero-order chi connectivity index (χ0) is 30.1. The van der Waals surface area contributed by atoms with Gasteiger partial charge in [-0.15, -0.1) is 0 Å². The number of hydrogen-bond acceptors (Lipinski definition) is 4. The van der Waals surface area contributed by atoms with E-state index in [2.05, 4.69) is 5.32 Å². The minimum atomic E-state index is -3.57. The van der Waals surface area contributed by atoms with Gasteiger partial charge in [0.1, 0.15) is 6.04 Å². The summed E-state index contributed by atoms with van der Waals surface area (Å²) in [5.41, 5.74) is 3.21. The first-order valence-electron chi connectivity index (χ1n) is 14.5. The molecule has 1 N–H and O–H groups in total. The Morgan fingerprint density at radius 1 is 0.952 bits per heavy atom. The molecule has 3 aromatic rings. The van der Waals surface area contributed by atoms with Crippen LogP contribution in [-0.4, -0.2) is 50.0 Å². The van der Waals surface area contributed by atoms with Crippen LogP contribution in [0.25, 0.3) is 0 Å². The van der Waals surface area contributed by atoms with E-state index in [1.54, 1.807) is 29.2 Å². The van der Waals surface area contributed by atoms with Crippen LogP contribution in [0.3, 0.4) is 0 Å². The third-order valence-corrected chi connectivity index (χ3v) is 9.17. The molecule has 0 saturated heterocycles. The van der Waals surface area contributed by atoms with Crippen LogP contribution in [0.4, 0.5) is 5.69 Å². The van der Waals surface area contributed by atoms with E-state index in [1.165, 1.54) is 10.6 Å². The van der Waals surface area contributed by atoms with E-state index in [4.69, 9.17) is 11.6 Å². The number of nitrogens with one attached hydrogen (secondary N) is 1. The molecule has 0 aliphatic heterocycles. The van der Waals surface area contributed by atoms with Crippen molar-refractivity contribution in [2.45, 2.75) is 70.5 Å². The largest absolute Gasteiger partial charge is 0.352 e.